The Morgan fingerprint density at radius 2 is 1.42 bits per heavy atom. The fourth-order valence-corrected chi connectivity index (χ4v) is 5.10. The van der Waals surface area contributed by atoms with E-state index in [1.807, 2.05) is 48.7 Å². The van der Waals surface area contributed by atoms with Crippen LogP contribution in [-0.4, -0.2) is 35.7 Å². The van der Waals surface area contributed by atoms with Gasteiger partial charge in [-0.15, -0.1) is 5.10 Å². The minimum atomic E-state index is -0.525. The van der Waals surface area contributed by atoms with Crippen molar-refractivity contribution in [3.8, 4) is 33.0 Å². The summed E-state index contributed by atoms with van der Waals surface area (Å²) in [5.74, 6) is -0.525. The maximum atomic E-state index is 12.6. The first-order valence-corrected chi connectivity index (χ1v) is 12.7. The van der Waals surface area contributed by atoms with Crippen molar-refractivity contribution in [3.05, 3.63) is 115 Å². The van der Waals surface area contributed by atoms with E-state index in [9.17, 15) is 4.79 Å². The number of hydrogen-bond acceptors (Lipinski definition) is 7. The van der Waals surface area contributed by atoms with Gasteiger partial charge in [0.15, 0.2) is 0 Å². The summed E-state index contributed by atoms with van der Waals surface area (Å²) < 4.78 is 1.79. The summed E-state index contributed by atoms with van der Waals surface area (Å²) in [5, 5.41) is 13.5. The van der Waals surface area contributed by atoms with E-state index in [1.54, 1.807) is 28.8 Å². The standard InChI is InChI=1S/C29H18N6O2S/c36-28(37-35-26-9-5-4-8-24(26)31-33-35)23-16-12-21(13-17-23)25-18-34-29(30-25)38-27(32-34)22-14-10-20(11-15-22)19-6-2-1-3-7-19/h1-18H. The van der Waals surface area contributed by atoms with Crippen LogP contribution in [0.3, 0.4) is 0 Å². The Morgan fingerprint density at radius 1 is 0.737 bits per heavy atom. The van der Waals surface area contributed by atoms with Gasteiger partial charge in [-0.05, 0) is 40.6 Å². The molecule has 8 nitrogen and oxygen atoms in total. The molecule has 0 unspecified atom stereocenters. The summed E-state index contributed by atoms with van der Waals surface area (Å²) in [4.78, 5) is 24.7. The molecule has 0 fully saturated rings. The molecule has 4 aromatic carbocycles. The van der Waals surface area contributed by atoms with E-state index in [4.69, 9.17) is 14.9 Å². The van der Waals surface area contributed by atoms with E-state index in [0.29, 0.717) is 16.6 Å². The molecule has 182 valence electrons. The Hall–Kier alpha value is -5.15. The highest BCUT2D eigenvalue weighted by Gasteiger charge is 2.15. The highest BCUT2D eigenvalue weighted by atomic mass is 32.1. The molecule has 7 rings (SSSR count). The summed E-state index contributed by atoms with van der Waals surface area (Å²) >= 11 is 1.53. The number of rotatable bonds is 5. The zero-order valence-corrected chi connectivity index (χ0v) is 20.6. The molecule has 0 atom stereocenters. The predicted octanol–water partition coefficient (Wildman–Crippen LogP) is 5.81. The summed E-state index contributed by atoms with van der Waals surface area (Å²) in [6.45, 7) is 0. The van der Waals surface area contributed by atoms with Crippen molar-refractivity contribution < 1.29 is 9.63 Å². The van der Waals surface area contributed by atoms with Gasteiger partial charge in [-0.3, -0.25) is 0 Å². The monoisotopic (exact) mass is 514 g/mol. The number of para-hydroxylation sites is 1. The second-order valence-electron chi connectivity index (χ2n) is 8.61. The molecule has 0 saturated carbocycles. The summed E-state index contributed by atoms with van der Waals surface area (Å²) in [6.07, 6.45) is 1.89. The van der Waals surface area contributed by atoms with E-state index < -0.39 is 5.97 Å². The summed E-state index contributed by atoms with van der Waals surface area (Å²) in [6, 6.07) is 33.0. The number of aromatic nitrogens is 6. The maximum absolute atomic E-state index is 12.6. The molecule has 3 aromatic heterocycles. The Morgan fingerprint density at radius 3 is 2.21 bits per heavy atom. The summed E-state index contributed by atoms with van der Waals surface area (Å²) in [7, 11) is 0. The quantitative estimate of drug-likeness (QED) is 0.270. The lowest BCUT2D eigenvalue weighted by molar-refractivity contribution is 0.0409. The van der Waals surface area contributed by atoms with Crippen LogP contribution in [-0.2, 0) is 0 Å². The van der Waals surface area contributed by atoms with Crippen LogP contribution < -0.4 is 4.84 Å². The lowest BCUT2D eigenvalue weighted by atomic mass is 10.0. The normalized spacial score (nSPS) is 11.3. The van der Waals surface area contributed by atoms with Gasteiger partial charge in [0, 0.05) is 11.1 Å². The van der Waals surface area contributed by atoms with E-state index >= 15 is 0 Å². The minimum absolute atomic E-state index is 0.397. The number of fused-ring (bicyclic) bond motifs is 2. The highest BCUT2D eigenvalue weighted by molar-refractivity contribution is 7.19. The lowest BCUT2D eigenvalue weighted by Crippen LogP contribution is -2.20. The van der Waals surface area contributed by atoms with Crippen LogP contribution in [0.5, 0.6) is 0 Å². The van der Waals surface area contributed by atoms with Crippen molar-refractivity contribution in [2.45, 2.75) is 0 Å². The molecule has 38 heavy (non-hydrogen) atoms. The van der Waals surface area contributed by atoms with Crippen molar-refractivity contribution in [3.63, 3.8) is 0 Å². The Labute approximate surface area is 220 Å². The van der Waals surface area contributed by atoms with Crippen LogP contribution >= 0.6 is 11.3 Å². The van der Waals surface area contributed by atoms with Gasteiger partial charge in [-0.25, -0.2) is 14.3 Å². The third-order valence-electron chi connectivity index (χ3n) is 6.19. The van der Waals surface area contributed by atoms with Gasteiger partial charge in [-0.2, -0.15) is 5.10 Å². The maximum Gasteiger partial charge on any atom is 0.365 e. The number of hydrogen-bond donors (Lipinski definition) is 0. The van der Waals surface area contributed by atoms with Gasteiger partial charge >= 0.3 is 5.97 Å². The first-order chi connectivity index (χ1) is 18.7. The zero-order valence-electron chi connectivity index (χ0n) is 19.8. The SMILES string of the molecule is O=C(On1nnc2ccccc21)c1ccc(-c2cn3nc(-c4ccc(-c5ccccc5)cc4)sc3n2)cc1. The molecule has 7 aromatic rings. The molecule has 0 amide bonds. The number of nitrogens with zero attached hydrogens (tertiary/aromatic N) is 6. The molecule has 0 bridgehead atoms. The topological polar surface area (TPSA) is 87.2 Å². The predicted molar refractivity (Wildman–Crippen MR) is 146 cm³/mol. The highest BCUT2D eigenvalue weighted by Crippen LogP contribution is 2.30. The third kappa shape index (κ3) is 4.00. The van der Waals surface area contributed by atoms with Crippen molar-refractivity contribution in [2.24, 2.45) is 0 Å². The van der Waals surface area contributed by atoms with Crippen molar-refractivity contribution >= 4 is 33.3 Å². The Kier molecular flexibility index (Phi) is 5.26. The van der Waals surface area contributed by atoms with E-state index in [1.165, 1.54) is 22.5 Å². The Bertz CT molecular complexity index is 1870. The second-order valence-corrected chi connectivity index (χ2v) is 9.57. The van der Waals surface area contributed by atoms with Crippen LogP contribution in [0.4, 0.5) is 0 Å². The third-order valence-corrected chi connectivity index (χ3v) is 7.16. The molecule has 0 aliphatic rings. The molecule has 0 radical (unpaired) electrons. The molecule has 0 spiro atoms. The van der Waals surface area contributed by atoms with E-state index in [2.05, 4.69) is 46.7 Å². The van der Waals surface area contributed by atoms with Crippen LogP contribution in [0.25, 0.3) is 48.9 Å². The van der Waals surface area contributed by atoms with Gasteiger partial charge in [0.05, 0.1) is 17.5 Å². The van der Waals surface area contributed by atoms with E-state index in [-0.39, 0.29) is 0 Å². The van der Waals surface area contributed by atoms with Gasteiger partial charge < -0.3 is 4.84 Å². The van der Waals surface area contributed by atoms with Gasteiger partial charge in [0.2, 0.25) is 4.96 Å². The fraction of sp³-hybridized carbons (Fsp3) is 0. The fourth-order valence-electron chi connectivity index (χ4n) is 4.21. The molecule has 3 heterocycles. The average Bonchev–Trinajstić information content (AvgIpc) is 3.68. The first-order valence-electron chi connectivity index (χ1n) is 11.9. The van der Waals surface area contributed by atoms with Crippen molar-refractivity contribution in [1.82, 2.24) is 29.8 Å². The number of carbonyl (C=O) groups excluding carboxylic acids is 1. The number of imidazole rings is 1. The van der Waals surface area contributed by atoms with E-state index in [0.717, 1.165) is 31.6 Å². The molecule has 0 saturated heterocycles. The molecular formula is C29H18N6O2S. The van der Waals surface area contributed by atoms with Gasteiger partial charge in [0.1, 0.15) is 16.0 Å². The lowest BCUT2D eigenvalue weighted by Gasteiger charge is -2.04. The smallest absolute Gasteiger partial charge is 0.312 e. The Balaban J connectivity index is 1.08. The van der Waals surface area contributed by atoms with Gasteiger partial charge in [0.25, 0.3) is 0 Å². The number of benzene rings is 4. The molecular weight excluding hydrogens is 496 g/mol. The summed E-state index contributed by atoms with van der Waals surface area (Å²) in [5.41, 5.74) is 6.71. The minimum Gasteiger partial charge on any atom is -0.312 e. The first kappa shape index (κ1) is 22.1. The molecule has 9 heteroatoms. The van der Waals surface area contributed by atoms with Crippen molar-refractivity contribution in [1.29, 1.82) is 0 Å². The van der Waals surface area contributed by atoms with Gasteiger partial charge in [-0.1, -0.05) is 95.0 Å². The molecule has 0 N–H and O–H groups in total. The van der Waals surface area contributed by atoms with Crippen LogP contribution in [0.2, 0.25) is 0 Å². The largest absolute Gasteiger partial charge is 0.365 e. The second kappa shape index (κ2) is 9.06. The molecule has 0 aliphatic carbocycles. The number of carbonyl (C=O) groups is 1. The van der Waals surface area contributed by atoms with Crippen LogP contribution in [0.1, 0.15) is 10.4 Å². The zero-order chi connectivity index (χ0) is 25.5. The molecule has 0 aliphatic heterocycles. The van der Waals surface area contributed by atoms with Crippen molar-refractivity contribution in [2.75, 3.05) is 0 Å². The van der Waals surface area contributed by atoms with Crippen LogP contribution in [0.15, 0.2) is 109 Å². The average molecular weight is 515 g/mol. The van der Waals surface area contributed by atoms with Crippen LogP contribution in [0, 0.1) is 0 Å².